The van der Waals surface area contributed by atoms with E-state index in [-0.39, 0.29) is 0 Å². The maximum Gasteiger partial charge on any atom is 0.140 e. The highest BCUT2D eigenvalue weighted by molar-refractivity contribution is 5.30. The summed E-state index contributed by atoms with van der Waals surface area (Å²) >= 11 is 0. The van der Waals surface area contributed by atoms with Gasteiger partial charge >= 0.3 is 0 Å². The summed E-state index contributed by atoms with van der Waals surface area (Å²) in [6.07, 6.45) is 2.89. The minimum absolute atomic E-state index is 0.879. The van der Waals surface area contributed by atoms with Crippen LogP contribution in [0.15, 0.2) is 12.3 Å². The van der Waals surface area contributed by atoms with Crippen LogP contribution in [0.25, 0.3) is 0 Å². The van der Waals surface area contributed by atoms with E-state index in [0.717, 1.165) is 17.9 Å². The SMILES string of the molecule is CC.CCc1cnc(C)c(OC)c1. The van der Waals surface area contributed by atoms with Crippen molar-refractivity contribution in [3.63, 3.8) is 0 Å². The van der Waals surface area contributed by atoms with Crippen LogP contribution in [0.1, 0.15) is 32.0 Å². The Labute approximate surface area is 81.0 Å². The number of hydrogen-bond donors (Lipinski definition) is 0. The van der Waals surface area contributed by atoms with E-state index >= 15 is 0 Å². The van der Waals surface area contributed by atoms with Gasteiger partial charge in [0.05, 0.1) is 12.8 Å². The van der Waals surface area contributed by atoms with Gasteiger partial charge in [-0.25, -0.2) is 0 Å². The van der Waals surface area contributed by atoms with Gasteiger partial charge in [-0.15, -0.1) is 0 Å². The predicted molar refractivity (Wildman–Crippen MR) is 56.3 cm³/mol. The molecule has 0 N–H and O–H groups in total. The summed E-state index contributed by atoms with van der Waals surface area (Å²) < 4.78 is 5.12. The highest BCUT2D eigenvalue weighted by Gasteiger charge is 1.98. The first kappa shape index (κ1) is 11.9. The first-order chi connectivity index (χ1) is 6.27. The second-order valence-corrected chi connectivity index (χ2v) is 2.48. The van der Waals surface area contributed by atoms with Crippen molar-refractivity contribution in [2.75, 3.05) is 7.11 Å². The van der Waals surface area contributed by atoms with Gasteiger partial charge in [0, 0.05) is 6.20 Å². The van der Waals surface area contributed by atoms with E-state index in [1.165, 1.54) is 5.56 Å². The van der Waals surface area contributed by atoms with E-state index in [0.29, 0.717) is 0 Å². The third-order valence-electron chi connectivity index (χ3n) is 1.73. The number of nitrogens with zero attached hydrogens (tertiary/aromatic N) is 1. The minimum atomic E-state index is 0.879. The zero-order chi connectivity index (χ0) is 10.3. The van der Waals surface area contributed by atoms with Crippen LogP contribution in [-0.4, -0.2) is 12.1 Å². The molecule has 0 unspecified atom stereocenters. The Balaban J connectivity index is 0.000000671. The average molecular weight is 181 g/mol. The van der Waals surface area contributed by atoms with Crippen molar-refractivity contribution in [3.05, 3.63) is 23.5 Å². The van der Waals surface area contributed by atoms with Crippen LogP contribution >= 0.6 is 0 Å². The molecule has 0 aliphatic carbocycles. The minimum Gasteiger partial charge on any atom is -0.495 e. The fourth-order valence-electron chi connectivity index (χ4n) is 0.953. The molecule has 0 radical (unpaired) electrons. The highest BCUT2D eigenvalue weighted by atomic mass is 16.5. The monoisotopic (exact) mass is 181 g/mol. The normalized spacial score (nSPS) is 8.69. The van der Waals surface area contributed by atoms with Gasteiger partial charge in [-0.2, -0.15) is 0 Å². The van der Waals surface area contributed by atoms with E-state index in [9.17, 15) is 0 Å². The van der Waals surface area contributed by atoms with Gasteiger partial charge in [-0.05, 0) is 25.0 Å². The summed E-state index contributed by atoms with van der Waals surface area (Å²) in [7, 11) is 1.67. The third-order valence-corrected chi connectivity index (χ3v) is 1.73. The smallest absolute Gasteiger partial charge is 0.140 e. The van der Waals surface area contributed by atoms with Crippen molar-refractivity contribution < 1.29 is 4.74 Å². The molecule has 1 heterocycles. The lowest BCUT2D eigenvalue weighted by atomic mass is 10.2. The fraction of sp³-hybridized carbons (Fsp3) is 0.545. The summed E-state index contributed by atoms with van der Waals surface area (Å²) in [6.45, 7) is 8.05. The van der Waals surface area contributed by atoms with Gasteiger partial charge in [-0.3, -0.25) is 4.98 Å². The van der Waals surface area contributed by atoms with Gasteiger partial charge in [-0.1, -0.05) is 20.8 Å². The molecule has 2 heteroatoms. The molecule has 0 saturated carbocycles. The van der Waals surface area contributed by atoms with Gasteiger partial charge < -0.3 is 4.74 Å². The van der Waals surface area contributed by atoms with Crippen LogP contribution in [-0.2, 0) is 6.42 Å². The van der Waals surface area contributed by atoms with E-state index < -0.39 is 0 Å². The lowest BCUT2D eigenvalue weighted by Gasteiger charge is -2.04. The Kier molecular flexibility index (Phi) is 5.94. The molecule has 2 nitrogen and oxygen atoms in total. The van der Waals surface area contributed by atoms with Gasteiger partial charge in [0.1, 0.15) is 5.75 Å². The Hall–Kier alpha value is -1.05. The number of rotatable bonds is 2. The zero-order valence-electron chi connectivity index (χ0n) is 9.22. The topological polar surface area (TPSA) is 22.1 Å². The number of hydrogen-bond acceptors (Lipinski definition) is 2. The molecule has 0 amide bonds. The molecule has 0 atom stereocenters. The Bertz CT molecular complexity index is 246. The second-order valence-electron chi connectivity index (χ2n) is 2.48. The summed E-state index contributed by atoms with van der Waals surface area (Å²) in [4.78, 5) is 4.20. The molecule has 0 spiro atoms. The maximum atomic E-state index is 5.12. The molecule has 0 saturated heterocycles. The molecule has 74 valence electrons. The van der Waals surface area contributed by atoms with Crippen molar-refractivity contribution in [2.24, 2.45) is 0 Å². The largest absolute Gasteiger partial charge is 0.495 e. The number of ether oxygens (including phenoxy) is 1. The van der Waals surface area contributed by atoms with Crippen LogP contribution < -0.4 is 4.74 Å². The van der Waals surface area contributed by atoms with Crippen LogP contribution in [0.4, 0.5) is 0 Å². The molecular weight excluding hydrogens is 162 g/mol. The lowest BCUT2D eigenvalue weighted by Crippen LogP contribution is -1.92. The van der Waals surface area contributed by atoms with Crippen molar-refractivity contribution in [2.45, 2.75) is 34.1 Å². The molecule has 1 rings (SSSR count). The fourth-order valence-corrected chi connectivity index (χ4v) is 0.953. The molecule has 1 aromatic heterocycles. The van der Waals surface area contributed by atoms with E-state index in [1.807, 2.05) is 33.0 Å². The molecular formula is C11H19NO. The highest BCUT2D eigenvalue weighted by Crippen LogP contribution is 2.15. The summed E-state index contributed by atoms with van der Waals surface area (Å²) in [5.41, 5.74) is 2.16. The zero-order valence-corrected chi connectivity index (χ0v) is 9.22. The van der Waals surface area contributed by atoms with E-state index in [4.69, 9.17) is 4.74 Å². The first-order valence-electron chi connectivity index (χ1n) is 4.77. The van der Waals surface area contributed by atoms with Crippen LogP contribution in [0, 0.1) is 6.92 Å². The quantitative estimate of drug-likeness (QED) is 0.699. The molecule has 0 aliphatic heterocycles. The van der Waals surface area contributed by atoms with Gasteiger partial charge in [0.15, 0.2) is 0 Å². The van der Waals surface area contributed by atoms with Gasteiger partial charge in [0.2, 0.25) is 0 Å². The summed E-state index contributed by atoms with van der Waals surface area (Å²) in [5.74, 6) is 0.879. The molecule has 0 aromatic carbocycles. The van der Waals surface area contributed by atoms with Crippen molar-refractivity contribution in [1.82, 2.24) is 4.98 Å². The summed E-state index contributed by atoms with van der Waals surface area (Å²) in [5, 5.41) is 0. The molecule has 0 fully saturated rings. The van der Waals surface area contributed by atoms with Crippen LogP contribution in [0.2, 0.25) is 0 Å². The van der Waals surface area contributed by atoms with Crippen molar-refractivity contribution in [3.8, 4) is 5.75 Å². The Morgan fingerprint density at radius 3 is 2.46 bits per heavy atom. The van der Waals surface area contributed by atoms with Crippen LogP contribution in [0.3, 0.4) is 0 Å². The van der Waals surface area contributed by atoms with Crippen molar-refractivity contribution >= 4 is 0 Å². The van der Waals surface area contributed by atoms with Crippen molar-refractivity contribution in [1.29, 1.82) is 0 Å². The Morgan fingerprint density at radius 2 is 2.00 bits per heavy atom. The maximum absolute atomic E-state index is 5.12. The molecule has 0 aliphatic rings. The lowest BCUT2D eigenvalue weighted by molar-refractivity contribution is 0.408. The summed E-state index contributed by atoms with van der Waals surface area (Å²) in [6, 6.07) is 2.03. The third kappa shape index (κ3) is 3.45. The predicted octanol–water partition coefficient (Wildman–Crippen LogP) is 2.99. The Morgan fingerprint density at radius 1 is 1.38 bits per heavy atom. The number of methoxy groups -OCH3 is 1. The molecule has 0 bridgehead atoms. The number of pyridine rings is 1. The second kappa shape index (κ2) is 6.46. The number of aryl methyl sites for hydroxylation is 2. The van der Waals surface area contributed by atoms with Crippen LogP contribution in [0.5, 0.6) is 5.75 Å². The van der Waals surface area contributed by atoms with E-state index in [1.54, 1.807) is 7.11 Å². The molecule has 1 aromatic rings. The average Bonchev–Trinajstić information content (AvgIpc) is 2.22. The van der Waals surface area contributed by atoms with E-state index in [2.05, 4.69) is 11.9 Å². The molecule has 13 heavy (non-hydrogen) atoms. The van der Waals surface area contributed by atoms with Gasteiger partial charge in [0.25, 0.3) is 0 Å². The standard InChI is InChI=1S/C9H13NO.C2H6/c1-4-8-5-9(11-3)7(2)10-6-8;1-2/h5-6H,4H2,1-3H3;1-2H3. The number of aromatic nitrogens is 1. The first-order valence-corrected chi connectivity index (χ1v) is 4.77.